The first-order valence-electron chi connectivity index (χ1n) is 7.59. The second-order valence-electron chi connectivity index (χ2n) is 5.46. The minimum atomic E-state index is -3.61. The van der Waals surface area contributed by atoms with Crippen molar-refractivity contribution in [3.8, 4) is 0 Å². The van der Waals surface area contributed by atoms with Crippen LogP contribution < -0.4 is 15.4 Å². The molecular formula is C15H21N3O4S. The van der Waals surface area contributed by atoms with E-state index in [1.807, 2.05) is 6.92 Å². The Balaban J connectivity index is 1.98. The number of sulfonamides is 1. The highest BCUT2D eigenvalue weighted by Crippen LogP contribution is 2.22. The molecule has 0 aromatic heterocycles. The number of amides is 2. The van der Waals surface area contributed by atoms with Gasteiger partial charge < -0.3 is 10.6 Å². The molecule has 1 saturated carbocycles. The molecule has 0 bridgehead atoms. The zero-order chi connectivity index (χ0) is 16.9. The first kappa shape index (κ1) is 17.4. The number of nitrogens with one attached hydrogen (secondary N) is 3. The lowest BCUT2D eigenvalue weighted by atomic mass is 10.2. The fraction of sp³-hybridized carbons (Fsp3) is 0.467. The highest BCUT2D eigenvalue weighted by atomic mass is 32.2. The minimum Gasteiger partial charge on any atom is -0.355 e. The molecule has 23 heavy (non-hydrogen) atoms. The summed E-state index contributed by atoms with van der Waals surface area (Å²) in [5, 5.41) is 5.12. The molecule has 1 aromatic carbocycles. The average Bonchev–Trinajstić information content (AvgIpc) is 3.34. The second-order valence-corrected chi connectivity index (χ2v) is 7.17. The van der Waals surface area contributed by atoms with Crippen molar-refractivity contribution in [2.75, 3.05) is 13.1 Å². The van der Waals surface area contributed by atoms with Crippen LogP contribution in [0.3, 0.4) is 0 Å². The van der Waals surface area contributed by atoms with Gasteiger partial charge in [-0.15, -0.1) is 0 Å². The highest BCUT2D eigenvalue weighted by molar-refractivity contribution is 7.89. The Hall–Kier alpha value is -1.93. The molecular weight excluding hydrogens is 318 g/mol. The Kier molecular flexibility index (Phi) is 5.73. The van der Waals surface area contributed by atoms with Crippen LogP contribution in [0.1, 0.15) is 36.5 Å². The van der Waals surface area contributed by atoms with Crippen LogP contribution in [0, 0.1) is 0 Å². The van der Waals surface area contributed by atoms with Gasteiger partial charge in [-0.1, -0.05) is 13.0 Å². The molecule has 2 rings (SSSR count). The molecule has 0 saturated heterocycles. The van der Waals surface area contributed by atoms with Crippen LogP contribution in [-0.4, -0.2) is 39.4 Å². The van der Waals surface area contributed by atoms with Crippen molar-refractivity contribution in [3.63, 3.8) is 0 Å². The van der Waals surface area contributed by atoms with Gasteiger partial charge in [-0.05, 0) is 37.5 Å². The molecule has 2 amide bonds. The van der Waals surface area contributed by atoms with Crippen LogP contribution in [0.25, 0.3) is 0 Å². The number of hydrogen-bond acceptors (Lipinski definition) is 4. The largest absolute Gasteiger partial charge is 0.355 e. The number of benzene rings is 1. The molecule has 3 N–H and O–H groups in total. The minimum absolute atomic E-state index is 0.000237. The summed E-state index contributed by atoms with van der Waals surface area (Å²) in [4.78, 5) is 23.5. The Morgan fingerprint density at radius 1 is 1.22 bits per heavy atom. The predicted molar refractivity (Wildman–Crippen MR) is 85.4 cm³/mol. The molecule has 0 unspecified atom stereocenters. The molecule has 0 heterocycles. The third-order valence-corrected chi connectivity index (χ3v) is 4.81. The SMILES string of the molecule is CCCNC(=O)CNC(=O)c1cccc(S(=O)(=O)NC2CC2)c1. The van der Waals surface area contributed by atoms with E-state index in [-0.39, 0.29) is 29.0 Å². The molecule has 1 aromatic rings. The monoisotopic (exact) mass is 339 g/mol. The summed E-state index contributed by atoms with van der Waals surface area (Å²) >= 11 is 0. The molecule has 0 radical (unpaired) electrons. The summed E-state index contributed by atoms with van der Waals surface area (Å²) in [6.07, 6.45) is 2.49. The summed E-state index contributed by atoms with van der Waals surface area (Å²) < 4.78 is 26.8. The fourth-order valence-electron chi connectivity index (χ4n) is 1.88. The van der Waals surface area contributed by atoms with Crippen LogP contribution in [0.5, 0.6) is 0 Å². The smallest absolute Gasteiger partial charge is 0.251 e. The summed E-state index contributed by atoms with van der Waals surface area (Å²) in [6.45, 7) is 2.34. The molecule has 0 atom stereocenters. The summed E-state index contributed by atoms with van der Waals surface area (Å²) in [7, 11) is -3.61. The van der Waals surface area contributed by atoms with E-state index in [9.17, 15) is 18.0 Å². The average molecular weight is 339 g/mol. The van der Waals surface area contributed by atoms with Gasteiger partial charge in [-0.3, -0.25) is 9.59 Å². The number of carbonyl (C=O) groups is 2. The van der Waals surface area contributed by atoms with Gasteiger partial charge in [-0.2, -0.15) is 0 Å². The van der Waals surface area contributed by atoms with Crippen molar-refractivity contribution in [3.05, 3.63) is 29.8 Å². The topological polar surface area (TPSA) is 104 Å². The van der Waals surface area contributed by atoms with Crippen molar-refractivity contribution in [1.82, 2.24) is 15.4 Å². The highest BCUT2D eigenvalue weighted by Gasteiger charge is 2.28. The fourth-order valence-corrected chi connectivity index (χ4v) is 3.23. The molecule has 0 spiro atoms. The lowest BCUT2D eigenvalue weighted by Gasteiger charge is -2.08. The van der Waals surface area contributed by atoms with Crippen LogP contribution in [0.2, 0.25) is 0 Å². The van der Waals surface area contributed by atoms with Gasteiger partial charge in [0.15, 0.2) is 0 Å². The standard InChI is InChI=1S/C15H21N3O4S/c1-2-8-16-14(19)10-17-15(20)11-4-3-5-13(9-11)23(21,22)18-12-6-7-12/h3-5,9,12,18H,2,6-8,10H2,1H3,(H,16,19)(H,17,20). The van der Waals surface area contributed by atoms with E-state index in [2.05, 4.69) is 15.4 Å². The van der Waals surface area contributed by atoms with Crippen molar-refractivity contribution in [1.29, 1.82) is 0 Å². The first-order chi connectivity index (χ1) is 10.9. The molecule has 1 fully saturated rings. The van der Waals surface area contributed by atoms with Crippen LogP contribution in [0.15, 0.2) is 29.2 Å². The molecule has 126 valence electrons. The van der Waals surface area contributed by atoms with E-state index in [0.29, 0.717) is 6.54 Å². The summed E-state index contributed by atoms with van der Waals surface area (Å²) in [5.74, 6) is -0.764. The van der Waals surface area contributed by atoms with Gasteiger partial charge in [0.2, 0.25) is 15.9 Å². The van der Waals surface area contributed by atoms with Crippen LogP contribution >= 0.6 is 0 Å². The maximum absolute atomic E-state index is 12.1. The normalized spacial score (nSPS) is 14.3. The Morgan fingerprint density at radius 3 is 2.61 bits per heavy atom. The van der Waals surface area contributed by atoms with E-state index >= 15 is 0 Å². The zero-order valence-corrected chi connectivity index (χ0v) is 13.8. The molecule has 8 heteroatoms. The van der Waals surface area contributed by atoms with Crippen molar-refractivity contribution < 1.29 is 18.0 Å². The second kappa shape index (κ2) is 7.56. The zero-order valence-electron chi connectivity index (χ0n) is 13.0. The molecule has 0 aliphatic heterocycles. The van der Waals surface area contributed by atoms with Gasteiger partial charge in [0.05, 0.1) is 11.4 Å². The first-order valence-corrected chi connectivity index (χ1v) is 9.08. The Labute approximate surface area is 135 Å². The van der Waals surface area contributed by atoms with Gasteiger partial charge >= 0.3 is 0 Å². The van der Waals surface area contributed by atoms with Gasteiger partial charge in [0.1, 0.15) is 0 Å². The maximum Gasteiger partial charge on any atom is 0.251 e. The van der Waals surface area contributed by atoms with Gasteiger partial charge in [-0.25, -0.2) is 13.1 Å². The van der Waals surface area contributed by atoms with Gasteiger partial charge in [0.25, 0.3) is 5.91 Å². The maximum atomic E-state index is 12.1. The quantitative estimate of drug-likeness (QED) is 0.637. The molecule has 1 aliphatic carbocycles. The van der Waals surface area contributed by atoms with E-state index in [0.717, 1.165) is 19.3 Å². The van der Waals surface area contributed by atoms with E-state index < -0.39 is 15.9 Å². The van der Waals surface area contributed by atoms with Gasteiger partial charge in [0, 0.05) is 18.2 Å². The summed E-state index contributed by atoms with van der Waals surface area (Å²) in [5.41, 5.74) is 0.201. The Bertz CT molecular complexity index is 684. The van der Waals surface area contributed by atoms with Crippen LogP contribution in [0.4, 0.5) is 0 Å². The van der Waals surface area contributed by atoms with E-state index in [1.54, 1.807) is 0 Å². The number of rotatable bonds is 8. The van der Waals surface area contributed by atoms with E-state index in [4.69, 9.17) is 0 Å². The predicted octanol–water partition coefficient (Wildman–Crippen LogP) is 0.383. The number of carbonyl (C=O) groups excluding carboxylic acids is 2. The van der Waals surface area contributed by atoms with Crippen molar-refractivity contribution in [2.45, 2.75) is 37.1 Å². The van der Waals surface area contributed by atoms with E-state index in [1.165, 1.54) is 24.3 Å². The molecule has 1 aliphatic rings. The third-order valence-electron chi connectivity index (χ3n) is 3.29. The summed E-state index contributed by atoms with van der Waals surface area (Å²) in [6, 6.07) is 5.77. The number of hydrogen-bond donors (Lipinski definition) is 3. The lowest BCUT2D eigenvalue weighted by Crippen LogP contribution is -2.37. The lowest BCUT2D eigenvalue weighted by molar-refractivity contribution is -0.120. The van der Waals surface area contributed by atoms with Crippen LogP contribution in [-0.2, 0) is 14.8 Å². The molecule has 7 nitrogen and oxygen atoms in total. The third kappa shape index (κ3) is 5.33. The van der Waals surface area contributed by atoms with Crippen molar-refractivity contribution in [2.24, 2.45) is 0 Å². The Morgan fingerprint density at radius 2 is 1.96 bits per heavy atom. The van der Waals surface area contributed by atoms with Crippen molar-refractivity contribution >= 4 is 21.8 Å².